The lowest BCUT2D eigenvalue weighted by molar-refractivity contribution is -0.0501. The standard InChI is InChI=1S/C22H21F2N3O3S/c1-4-11-27-20(15-6-8-16(29-3)9-7-15)25-26-22(27)31-13-18(28)17-12-14(2)5-10-19(17)30-21(23)24/h4-10,12,21H,1,11,13H2,2-3H3. The third kappa shape index (κ3) is 5.49. The smallest absolute Gasteiger partial charge is 0.387 e. The molecule has 0 amide bonds. The minimum atomic E-state index is -3.01. The van der Waals surface area contributed by atoms with Crippen LogP contribution in [0.5, 0.6) is 11.5 Å². The van der Waals surface area contributed by atoms with E-state index in [1.165, 1.54) is 23.9 Å². The van der Waals surface area contributed by atoms with Gasteiger partial charge in [0.2, 0.25) is 0 Å². The Balaban J connectivity index is 1.82. The number of carbonyl (C=O) groups is 1. The number of aryl methyl sites for hydroxylation is 1. The van der Waals surface area contributed by atoms with Crippen LogP contribution in [0, 0.1) is 6.92 Å². The number of ketones is 1. The Bertz CT molecular complexity index is 1070. The normalized spacial score (nSPS) is 10.9. The van der Waals surface area contributed by atoms with Crippen molar-refractivity contribution in [1.29, 1.82) is 0 Å². The van der Waals surface area contributed by atoms with E-state index in [2.05, 4.69) is 21.5 Å². The van der Waals surface area contributed by atoms with Crippen LogP contribution in [-0.2, 0) is 6.54 Å². The number of hydrogen-bond donors (Lipinski definition) is 0. The molecule has 0 aliphatic rings. The molecule has 1 heterocycles. The average molecular weight is 445 g/mol. The van der Waals surface area contributed by atoms with Crippen molar-refractivity contribution in [2.24, 2.45) is 0 Å². The fourth-order valence-electron chi connectivity index (χ4n) is 2.91. The lowest BCUT2D eigenvalue weighted by atomic mass is 10.1. The van der Waals surface area contributed by atoms with E-state index < -0.39 is 6.61 Å². The molecule has 0 N–H and O–H groups in total. The molecular weight excluding hydrogens is 424 g/mol. The first kappa shape index (κ1) is 22.5. The third-order valence-electron chi connectivity index (χ3n) is 4.36. The van der Waals surface area contributed by atoms with Gasteiger partial charge < -0.3 is 9.47 Å². The first-order chi connectivity index (χ1) is 14.9. The number of methoxy groups -OCH3 is 1. The summed E-state index contributed by atoms with van der Waals surface area (Å²) in [6.07, 6.45) is 1.71. The Hall–Kier alpha value is -3.20. The van der Waals surface area contributed by atoms with Crippen LogP contribution in [-0.4, -0.2) is 40.0 Å². The number of hydrogen-bond acceptors (Lipinski definition) is 6. The number of rotatable bonds is 10. The van der Waals surface area contributed by atoms with Crippen LogP contribution in [0.4, 0.5) is 8.78 Å². The van der Waals surface area contributed by atoms with E-state index in [1.807, 2.05) is 28.8 Å². The summed E-state index contributed by atoms with van der Waals surface area (Å²) in [5.41, 5.74) is 1.71. The molecule has 0 aliphatic heterocycles. The van der Waals surface area contributed by atoms with Crippen molar-refractivity contribution < 1.29 is 23.0 Å². The van der Waals surface area contributed by atoms with Crippen molar-refractivity contribution in [3.8, 4) is 22.9 Å². The highest BCUT2D eigenvalue weighted by Gasteiger charge is 2.19. The van der Waals surface area contributed by atoms with Crippen LogP contribution >= 0.6 is 11.8 Å². The lowest BCUT2D eigenvalue weighted by Gasteiger charge is -2.11. The van der Waals surface area contributed by atoms with E-state index >= 15 is 0 Å². The minimum Gasteiger partial charge on any atom is -0.497 e. The second kappa shape index (κ2) is 10.2. The zero-order chi connectivity index (χ0) is 22.4. The summed E-state index contributed by atoms with van der Waals surface area (Å²) in [6.45, 7) is 2.98. The number of Topliss-reactive ketones (excluding diaryl/α,β-unsaturated/α-hetero) is 1. The maximum Gasteiger partial charge on any atom is 0.387 e. The summed E-state index contributed by atoms with van der Waals surface area (Å²) in [5.74, 6) is 0.843. The van der Waals surface area contributed by atoms with Crippen LogP contribution in [0.1, 0.15) is 15.9 Å². The van der Waals surface area contributed by atoms with Crippen molar-refractivity contribution in [2.75, 3.05) is 12.9 Å². The van der Waals surface area contributed by atoms with Gasteiger partial charge in [-0.15, -0.1) is 16.8 Å². The summed E-state index contributed by atoms with van der Waals surface area (Å²) >= 11 is 1.17. The first-order valence-electron chi connectivity index (χ1n) is 9.33. The molecule has 0 aliphatic carbocycles. The van der Waals surface area contributed by atoms with Gasteiger partial charge in [-0.2, -0.15) is 8.78 Å². The second-order valence-electron chi connectivity index (χ2n) is 6.52. The molecule has 0 radical (unpaired) electrons. The number of thioether (sulfide) groups is 1. The highest BCUT2D eigenvalue weighted by atomic mass is 32.2. The molecule has 3 rings (SSSR count). The van der Waals surface area contributed by atoms with E-state index in [4.69, 9.17) is 4.74 Å². The second-order valence-corrected chi connectivity index (χ2v) is 7.47. The van der Waals surface area contributed by atoms with Gasteiger partial charge in [-0.1, -0.05) is 29.5 Å². The topological polar surface area (TPSA) is 66.2 Å². The van der Waals surface area contributed by atoms with E-state index in [0.717, 1.165) is 16.9 Å². The van der Waals surface area contributed by atoms with Crippen LogP contribution in [0.2, 0.25) is 0 Å². The molecule has 0 saturated carbocycles. The fraction of sp³-hybridized carbons (Fsp3) is 0.227. The molecule has 3 aromatic rings. The quantitative estimate of drug-likeness (QED) is 0.248. The first-order valence-corrected chi connectivity index (χ1v) is 10.3. The largest absolute Gasteiger partial charge is 0.497 e. The third-order valence-corrected chi connectivity index (χ3v) is 5.33. The van der Waals surface area contributed by atoms with Gasteiger partial charge in [0.15, 0.2) is 16.8 Å². The number of ether oxygens (including phenoxy) is 2. The molecule has 9 heteroatoms. The van der Waals surface area contributed by atoms with Crippen molar-refractivity contribution >= 4 is 17.5 Å². The Morgan fingerprint density at radius 2 is 1.97 bits per heavy atom. The molecule has 0 fully saturated rings. The fourth-order valence-corrected chi connectivity index (χ4v) is 3.74. The zero-order valence-corrected chi connectivity index (χ0v) is 17.9. The highest BCUT2D eigenvalue weighted by molar-refractivity contribution is 7.99. The summed E-state index contributed by atoms with van der Waals surface area (Å²) in [7, 11) is 1.59. The van der Waals surface area contributed by atoms with Crippen molar-refractivity contribution in [1.82, 2.24) is 14.8 Å². The summed E-state index contributed by atoms with van der Waals surface area (Å²) in [6, 6.07) is 11.9. The lowest BCUT2D eigenvalue weighted by Crippen LogP contribution is -2.10. The van der Waals surface area contributed by atoms with Gasteiger partial charge in [0.05, 0.1) is 18.4 Å². The number of nitrogens with zero attached hydrogens (tertiary/aromatic N) is 3. The molecular formula is C22H21F2N3O3S. The van der Waals surface area contributed by atoms with Gasteiger partial charge in [0.25, 0.3) is 0 Å². The maximum atomic E-state index is 12.8. The Morgan fingerprint density at radius 3 is 2.61 bits per heavy atom. The van der Waals surface area contributed by atoms with Gasteiger partial charge in [-0.3, -0.25) is 9.36 Å². The Kier molecular flexibility index (Phi) is 7.41. The predicted molar refractivity (Wildman–Crippen MR) is 115 cm³/mol. The van der Waals surface area contributed by atoms with E-state index in [-0.39, 0.29) is 22.8 Å². The molecule has 1 aromatic heterocycles. The zero-order valence-electron chi connectivity index (χ0n) is 17.0. The van der Waals surface area contributed by atoms with Gasteiger partial charge >= 0.3 is 6.61 Å². The van der Waals surface area contributed by atoms with Crippen LogP contribution in [0.3, 0.4) is 0 Å². The molecule has 0 bridgehead atoms. The van der Waals surface area contributed by atoms with E-state index in [0.29, 0.717) is 17.5 Å². The van der Waals surface area contributed by atoms with Gasteiger partial charge in [-0.25, -0.2) is 0 Å². The van der Waals surface area contributed by atoms with Crippen LogP contribution in [0.15, 0.2) is 60.3 Å². The number of benzene rings is 2. The van der Waals surface area contributed by atoms with Gasteiger partial charge in [0, 0.05) is 12.1 Å². The molecule has 0 unspecified atom stereocenters. The molecule has 0 saturated heterocycles. The number of halogens is 2. The summed E-state index contributed by atoms with van der Waals surface area (Å²) in [4.78, 5) is 12.8. The highest BCUT2D eigenvalue weighted by Crippen LogP contribution is 2.28. The number of carbonyl (C=O) groups excluding carboxylic acids is 1. The number of allylic oxidation sites excluding steroid dienone is 1. The molecule has 31 heavy (non-hydrogen) atoms. The van der Waals surface area contributed by atoms with Crippen LogP contribution in [0.25, 0.3) is 11.4 Å². The monoisotopic (exact) mass is 445 g/mol. The van der Waals surface area contributed by atoms with Crippen LogP contribution < -0.4 is 9.47 Å². The maximum absolute atomic E-state index is 12.8. The molecule has 6 nitrogen and oxygen atoms in total. The molecule has 162 valence electrons. The van der Waals surface area contributed by atoms with Crippen molar-refractivity contribution in [3.05, 3.63) is 66.2 Å². The SMILES string of the molecule is C=CCn1c(SCC(=O)c2cc(C)ccc2OC(F)F)nnc1-c1ccc(OC)cc1. The van der Waals surface area contributed by atoms with Gasteiger partial charge in [-0.05, 0) is 43.3 Å². The minimum absolute atomic E-state index is 0.0130. The van der Waals surface area contributed by atoms with E-state index in [9.17, 15) is 13.6 Å². The molecule has 0 atom stereocenters. The van der Waals surface area contributed by atoms with Gasteiger partial charge in [0.1, 0.15) is 11.5 Å². The predicted octanol–water partition coefficient (Wildman–Crippen LogP) is 5.02. The molecule has 0 spiro atoms. The average Bonchev–Trinajstić information content (AvgIpc) is 3.16. The number of aromatic nitrogens is 3. The Morgan fingerprint density at radius 1 is 1.23 bits per heavy atom. The van der Waals surface area contributed by atoms with Crippen molar-refractivity contribution in [3.63, 3.8) is 0 Å². The van der Waals surface area contributed by atoms with E-state index in [1.54, 1.807) is 26.2 Å². The summed E-state index contributed by atoms with van der Waals surface area (Å²) in [5, 5.41) is 8.97. The number of alkyl halides is 2. The summed E-state index contributed by atoms with van der Waals surface area (Å²) < 4.78 is 36.9. The Labute approximate surface area is 182 Å². The van der Waals surface area contributed by atoms with Crippen molar-refractivity contribution in [2.45, 2.75) is 25.2 Å². The molecule has 2 aromatic carbocycles.